The molecule has 4 rings (SSSR count). The molecule has 1 N–H and O–H groups in total. The largest absolute Gasteiger partial charge is 0.348 e. The average Bonchev–Trinajstić information content (AvgIpc) is 3.03. The number of hydrogen-bond donors (Lipinski definition) is 1. The van der Waals surface area contributed by atoms with E-state index in [-0.39, 0.29) is 12.1 Å². The zero-order valence-corrected chi connectivity index (χ0v) is 13.7. The lowest BCUT2D eigenvalue weighted by molar-refractivity contribution is 0.431. The normalized spacial score (nSPS) is 19.9. The highest BCUT2D eigenvalue weighted by Gasteiger charge is 2.30. The van der Waals surface area contributed by atoms with E-state index in [0.29, 0.717) is 10.0 Å². The third-order valence-corrected chi connectivity index (χ3v) is 4.72. The molecule has 2 heterocycles. The van der Waals surface area contributed by atoms with Gasteiger partial charge in [-0.05, 0) is 29.7 Å². The van der Waals surface area contributed by atoms with Crippen molar-refractivity contribution in [2.24, 2.45) is 0 Å². The van der Waals surface area contributed by atoms with Gasteiger partial charge in [-0.1, -0.05) is 59.6 Å². The van der Waals surface area contributed by atoms with Crippen LogP contribution in [0.1, 0.15) is 29.6 Å². The number of nitrogens with one attached hydrogen (secondary N) is 1. The molecule has 6 heteroatoms. The fourth-order valence-electron chi connectivity index (χ4n) is 3.05. The van der Waals surface area contributed by atoms with E-state index in [2.05, 4.69) is 27.5 Å². The van der Waals surface area contributed by atoms with E-state index in [1.807, 2.05) is 35.0 Å². The molecule has 0 amide bonds. The highest BCUT2D eigenvalue weighted by molar-refractivity contribution is 6.35. The predicted octanol–water partition coefficient (Wildman–Crippen LogP) is 4.73. The molecular weight excluding hydrogens is 331 g/mol. The monoisotopic (exact) mass is 344 g/mol. The summed E-state index contributed by atoms with van der Waals surface area (Å²) in [6.45, 7) is 0. The summed E-state index contributed by atoms with van der Waals surface area (Å²) in [5.74, 6) is 0.751. The van der Waals surface area contributed by atoms with E-state index < -0.39 is 0 Å². The Morgan fingerprint density at radius 3 is 2.70 bits per heavy atom. The predicted molar refractivity (Wildman–Crippen MR) is 92.0 cm³/mol. The van der Waals surface area contributed by atoms with Gasteiger partial charge in [0.25, 0.3) is 0 Å². The zero-order valence-electron chi connectivity index (χ0n) is 12.2. The van der Waals surface area contributed by atoms with Gasteiger partial charge in [-0.2, -0.15) is 10.1 Å². The Morgan fingerprint density at radius 2 is 1.91 bits per heavy atom. The molecule has 3 aromatic rings. The molecule has 2 aromatic carbocycles. The molecular formula is C17H14Cl2N4. The fraction of sp³-hybridized carbons (Fsp3) is 0.176. The molecule has 0 fully saturated rings. The van der Waals surface area contributed by atoms with Gasteiger partial charge < -0.3 is 5.32 Å². The Morgan fingerprint density at radius 1 is 1.09 bits per heavy atom. The summed E-state index contributed by atoms with van der Waals surface area (Å²) in [5, 5.41) is 9.08. The van der Waals surface area contributed by atoms with Crippen LogP contribution in [0.2, 0.25) is 10.0 Å². The van der Waals surface area contributed by atoms with Crippen LogP contribution in [0.3, 0.4) is 0 Å². The first-order valence-electron chi connectivity index (χ1n) is 7.38. The van der Waals surface area contributed by atoms with E-state index in [1.165, 1.54) is 5.56 Å². The van der Waals surface area contributed by atoms with Crippen molar-refractivity contribution in [1.29, 1.82) is 0 Å². The summed E-state index contributed by atoms with van der Waals surface area (Å²) in [4.78, 5) is 4.33. The Balaban J connectivity index is 1.77. The van der Waals surface area contributed by atoms with Crippen molar-refractivity contribution in [2.45, 2.75) is 18.5 Å². The number of benzene rings is 2. The SMILES string of the molecule is Clc1ccc([C@H]2C[C@@H](c3ccccc3)Nc3ncnn32)c(Cl)c1. The average molecular weight is 345 g/mol. The molecule has 1 aliphatic rings. The highest BCUT2D eigenvalue weighted by atomic mass is 35.5. The first kappa shape index (κ1) is 14.5. The van der Waals surface area contributed by atoms with Gasteiger partial charge in [0, 0.05) is 10.0 Å². The number of hydrogen-bond acceptors (Lipinski definition) is 3. The van der Waals surface area contributed by atoms with Crippen LogP contribution in [0.15, 0.2) is 54.9 Å². The van der Waals surface area contributed by atoms with Gasteiger partial charge in [0.1, 0.15) is 6.33 Å². The molecule has 1 aromatic heterocycles. The summed E-state index contributed by atoms with van der Waals surface area (Å²) in [6, 6.07) is 16.1. The van der Waals surface area contributed by atoms with Crippen molar-refractivity contribution in [3.8, 4) is 0 Å². The van der Waals surface area contributed by atoms with Crippen LogP contribution >= 0.6 is 23.2 Å². The Bertz CT molecular complexity index is 832. The maximum absolute atomic E-state index is 6.42. The van der Waals surface area contributed by atoms with Crippen LogP contribution in [-0.4, -0.2) is 14.8 Å². The molecule has 0 spiro atoms. The second-order valence-corrected chi connectivity index (χ2v) is 6.40. The van der Waals surface area contributed by atoms with E-state index in [9.17, 15) is 0 Å². The van der Waals surface area contributed by atoms with Gasteiger partial charge in [0.2, 0.25) is 5.95 Å². The van der Waals surface area contributed by atoms with E-state index in [0.717, 1.165) is 17.9 Å². The number of halogens is 2. The van der Waals surface area contributed by atoms with E-state index in [4.69, 9.17) is 23.2 Å². The second kappa shape index (κ2) is 5.87. The van der Waals surface area contributed by atoms with Gasteiger partial charge >= 0.3 is 0 Å². The van der Waals surface area contributed by atoms with Crippen molar-refractivity contribution in [2.75, 3.05) is 5.32 Å². The van der Waals surface area contributed by atoms with E-state index in [1.54, 1.807) is 12.4 Å². The molecule has 0 unspecified atom stereocenters. The number of anilines is 1. The maximum Gasteiger partial charge on any atom is 0.222 e. The molecule has 0 saturated carbocycles. The molecule has 0 saturated heterocycles. The minimum Gasteiger partial charge on any atom is -0.348 e. The number of nitrogens with zero attached hydrogens (tertiary/aromatic N) is 3. The van der Waals surface area contributed by atoms with Gasteiger partial charge in [-0.25, -0.2) is 4.68 Å². The van der Waals surface area contributed by atoms with Crippen molar-refractivity contribution in [1.82, 2.24) is 14.8 Å². The second-order valence-electron chi connectivity index (χ2n) is 5.55. The smallest absolute Gasteiger partial charge is 0.222 e. The lowest BCUT2D eigenvalue weighted by atomic mass is 9.93. The summed E-state index contributed by atoms with van der Waals surface area (Å²) in [6.07, 6.45) is 2.40. The van der Waals surface area contributed by atoms with Gasteiger partial charge in [-0.3, -0.25) is 0 Å². The lowest BCUT2D eigenvalue weighted by Gasteiger charge is -2.32. The van der Waals surface area contributed by atoms with Crippen molar-refractivity contribution >= 4 is 29.2 Å². The number of rotatable bonds is 2. The molecule has 0 aliphatic carbocycles. The fourth-order valence-corrected chi connectivity index (χ4v) is 3.59. The van der Waals surface area contributed by atoms with Crippen LogP contribution in [0.4, 0.5) is 5.95 Å². The standard InChI is InChI=1S/C17H14Cl2N4/c18-12-6-7-13(14(19)8-12)16-9-15(11-4-2-1-3-5-11)22-17-20-10-21-23(16)17/h1-8,10,15-16H,9H2,(H,20,21,22)/t15-,16+/m0/s1. The van der Waals surface area contributed by atoms with Crippen LogP contribution in [0.5, 0.6) is 0 Å². The molecule has 4 nitrogen and oxygen atoms in total. The summed E-state index contributed by atoms with van der Waals surface area (Å²) < 4.78 is 1.88. The summed E-state index contributed by atoms with van der Waals surface area (Å²) in [7, 11) is 0. The number of aromatic nitrogens is 3. The van der Waals surface area contributed by atoms with Crippen LogP contribution in [-0.2, 0) is 0 Å². The maximum atomic E-state index is 6.42. The highest BCUT2D eigenvalue weighted by Crippen LogP contribution is 2.39. The van der Waals surface area contributed by atoms with Crippen LogP contribution < -0.4 is 5.32 Å². The Kier molecular flexibility index (Phi) is 3.71. The molecule has 0 bridgehead atoms. The third-order valence-electron chi connectivity index (χ3n) is 4.15. The van der Waals surface area contributed by atoms with Crippen molar-refractivity contribution < 1.29 is 0 Å². The van der Waals surface area contributed by atoms with E-state index >= 15 is 0 Å². The topological polar surface area (TPSA) is 42.7 Å². The summed E-state index contributed by atoms with van der Waals surface area (Å²) >= 11 is 12.5. The van der Waals surface area contributed by atoms with Crippen molar-refractivity contribution in [3.05, 3.63) is 76.0 Å². The van der Waals surface area contributed by atoms with Crippen LogP contribution in [0.25, 0.3) is 0 Å². The van der Waals surface area contributed by atoms with Gasteiger partial charge in [0.05, 0.1) is 12.1 Å². The third kappa shape index (κ3) is 2.69. The molecule has 23 heavy (non-hydrogen) atoms. The quantitative estimate of drug-likeness (QED) is 0.730. The van der Waals surface area contributed by atoms with Gasteiger partial charge in [-0.15, -0.1) is 0 Å². The van der Waals surface area contributed by atoms with Crippen LogP contribution in [0, 0.1) is 0 Å². The zero-order chi connectivity index (χ0) is 15.8. The Hall–Kier alpha value is -2.04. The lowest BCUT2D eigenvalue weighted by Crippen LogP contribution is -2.28. The molecule has 2 atom stereocenters. The minimum absolute atomic E-state index is 0.0173. The number of fused-ring (bicyclic) bond motifs is 1. The van der Waals surface area contributed by atoms with Gasteiger partial charge in [0.15, 0.2) is 0 Å². The first-order chi connectivity index (χ1) is 11.2. The Labute approximate surface area is 144 Å². The molecule has 116 valence electrons. The first-order valence-corrected chi connectivity index (χ1v) is 8.14. The molecule has 0 radical (unpaired) electrons. The summed E-state index contributed by atoms with van der Waals surface area (Å²) in [5.41, 5.74) is 2.22. The minimum atomic E-state index is 0.0173. The molecule has 1 aliphatic heterocycles. The van der Waals surface area contributed by atoms with Crippen molar-refractivity contribution in [3.63, 3.8) is 0 Å².